The molecule has 1 saturated heterocycles. The molecule has 0 spiro atoms. The van der Waals surface area contributed by atoms with Gasteiger partial charge in [-0.2, -0.15) is 8.78 Å². The van der Waals surface area contributed by atoms with E-state index in [-0.39, 0.29) is 48.1 Å². The number of rotatable bonds is 9. The minimum atomic E-state index is -2.94. The van der Waals surface area contributed by atoms with E-state index in [0.29, 0.717) is 22.3 Å². The number of benzene rings is 2. The molecule has 0 unspecified atom stereocenters. The molecule has 0 bridgehead atoms. The number of para-hydroxylation sites is 1. The number of fused-ring (bicyclic) bond motifs is 1. The molecule has 36 heavy (non-hydrogen) atoms. The van der Waals surface area contributed by atoms with E-state index in [4.69, 9.17) is 0 Å². The Hall–Kier alpha value is -4.06. The lowest BCUT2D eigenvalue weighted by Crippen LogP contribution is -2.37. The highest BCUT2D eigenvalue weighted by molar-refractivity contribution is 8.18. The van der Waals surface area contributed by atoms with Crippen molar-refractivity contribution >= 4 is 45.8 Å². The highest BCUT2D eigenvalue weighted by Gasteiger charge is 2.34. The van der Waals surface area contributed by atoms with Crippen LogP contribution in [0.3, 0.4) is 0 Å². The van der Waals surface area contributed by atoms with Crippen LogP contribution in [-0.2, 0) is 16.0 Å². The summed E-state index contributed by atoms with van der Waals surface area (Å²) in [6.07, 6.45) is 1.76. The molecule has 186 valence electrons. The van der Waals surface area contributed by atoms with Crippen LogP contribution in [0.2, 0.25) is 0 Å². The molecule has 1 aliphatic heterocycles. The molecule has 0 radical (unpaired) electrons. The third-order valence-electron chi connectivity index (χ3n) is 5.18. The van der Waals surface area contributed by atoms with Crippen molar-refractivity contribution in [1.82, 2.24) is 20.2 Å². The summed E-state index contributed by atoms with van der Waals surface area (Å²) in [6.45, 7) is -2.89. The van der Waals surface area contributed by atoms with Crippen LogP contribution in [0.25, 0.3) is 17.0 Å². The van der Waals surface area contributed by atoms with Crippen molar-refractivity contribution in [3.63, 3.8) is 0 Å². The quantitative estimate of drug-likeness (QED) is 0.420. The highest BCUT2D eigenvalue weighted by Crippen LogP contribution is 2.32. The number of aromatic amines is 1. The minimum Gasteiger partial charge on any atom is -0.435 e. The van der Waals surface area contributed by atoms with Crippen LogP contribution in [0.4, 0.5) is 13.6 Å². The third kappa shape index (κ3) is 6.13. The number of halogens is 2. The summed E-state index contributed by atoms with van der Waals surface area (Å²) in [7, 11) is 0. The van der Waals surface area contributed by atoms with Crippen LogP contribution in [0.1, 0.15) is 17.8 Å². The van der Waals surface area contributed by atoms with Gasteiger partial charge in [0.15, 0.2) is 0 Å². The van der Waals surface area contributed by atoms with Gasteiger partial charge in [-0.15, -0.1) is 0 Å². The Labute approximate surface area is 207 Å². The summed E-state index contributed by atoms with van der Waals surface area (Å²) in [6, 6.07) is 12.5. The Balaban J connectivity index is 1.27. The Morgan fingerprint density at radius 2 is 1.89 bits per heavy atom. The first-order valence-electron chi connectivity index (χ1n) is 10.8. The average molecular weight is 515 g/mol. The topological polar surface area (TPSA) is 121 Å². The number of imide groups is 1. The number of carbonyl (C=O) groups excluding carboxylic acids is 3. The number of amides is 3. The number of hydrogen-bond acceptors (Lipinski definition) is 7. The second-order valence-corrected chi connectivity index (χ2v) is 8.65. The molecule has 1 fully saturated rings. The van der Waals surface area contributed by atoms with E-state index in [1.807, 2.05) is 0 Å². The predicted molar refractivity (Wildman–Crippen MR) is 129 cm³/mol. The Bertz CT molecular complexity index is 1390. The first-order chi connectivity index (χ1) is 17.3. The van der Waals surface area contributed by atoms with Gasteiger partial charge in [0.2, 0.25) is 5.91 Å². The van der Waals surface area contributed by atoms with Gasteiger partial charge < -0.3 is 15.0 Å². The maximum Gasteiger partial charge on any atom is 0.387 e. The summed E-state index contributed by atoms with van der Waals surface area (Å²) >= 11 is 0.753. The standard InChI is InChI=1S/C24H20F2N4O5S/c25-23(26)35-15-7-5-14(6-8-15)13-18-22(33)30(24(34)36-18)12-11-27-20(31)10-9-19-28-17-4-2-1-3-16(17)21(32)29-19/h1-8,13,23H,9-12H2,(H,27,31)(H,28,29,32)/b18-13+. The van der Waals surface area contributed by atoms with E-state index in [1.54, 1.807) is 24.3 Å². The first kappa shape index (κ1) is 25.0. The monoisotopic (exact) mass is 514 g/mol. The number of H-pyrrole nitrogens is 1. The number of nitrogens with one attached hydrogen (secondary N) is 2. The van der Waals surface area contributed by atoms with E-state index >= 15 is 0 Å². The van der Waals surface area contributed by atoms with Crippen LogP contribution in [0.5, 0.6) is 5.75 Å². The van der Waals surface area contributed by atoms with Crippen molar-refractivity contribution in [1.29, 1.82) is 0 Å². The lowest BCUT2D eigenvalue weighted by molar-refractivity contribution is -0.124. The molecule has 3 amide bonds. The molecular weight excluding hydrogens is 494 g/mol. The zero-order chi connectivity index (χ0) is 25.7. The fraction of sp³-hybridized carbons (Fsp3) is 0.208. The van der Waals surface area contributed by atoms with E-state index in [0.717, 1.165) is 16.7 Å². The van der Waals surface area contributed by atoms with Crippen molar-refractivity contribution in [2.24, 2.45) is 0 Å². The average Bonchev–Trinajstić information content (AvgIpc) is 3.11. The van der Waals surface area contributed by atoms with E-state index < -0.39 is 17.8 Å². The molecule has 2 heterocycles. The van der Waals surface area contributed by atoms with Crippen LogP contribution in [0.15, 0.2) is 58.2 Å². The number of aromatic nitrogens is 2. The van der Waals surface area contributed by atoms with Gasteiger partial charge in [-0.1, -0.05) is 24.3 Å². The summed E-state index contributed by atoms with van der Waals surface area (Å²) < 4.78 is 28.8. The van der Waals surface area contributed by atoms with Gasteiger partial charge in [-0.05, 0) is 47.7 Å². The molecule has 4 rings (SSSR count). The third-order valence-corrected chi connectivity index (χ3v) is 6.09. The van der Waals surface area contributed by atoms with Gasteiger partial charge in [0.1, 0.15) is 11.6 Å². The zero-order valence-electron chi connectivity index (χ0n) is 18.7. The van der Waals surface area contributed by atoms with E-state index in [2.05, 4.69) is 20.0 Å². The van der Waals surface area contributed by atoms with Gasteiger partial charge in [0, 0.05) is 25.9 Å². The van der Waals surface area contributed by atoms with Crippen molar-refractivity contribution in [3.8, 4) is 5.75 Å². The van der Waals surface area contributed by atoms with Gasteiger partial charge >= 0.3 is 6.61 Å². The summed E-state index contributed by atoms with van der Waals surface area (Å²) in [4.78, 5) is 57.4. The normalized spacial score (nSPS) is 14.8. The number of ether oxygens (including phenoxy) is 1. The molecule has 12 heteroatoms. The largest absolute Gasteiger partial charge is 0.435 e. The van der Waals surface area contributed by atoms with Gasteiger partial charge in [-0.25, -0.2) is 4.98 Å². The van der Waals surface area contributed by atoms with Crippen LogP contribution in [0, 0.1) is 0 Å². The van der Waals surface area contributed by atoms with E-state index in [9.17, 15) is 28.0 Å². The number of carbonyl (C=O) groups is 3. The van der Waals surface area contributed by atoms with Crippen molar-refractivity contribution < 1.29 is 27.9 Å². The maximum absolute atomic E-state index is 12.6. The molecule has 2 N–H and O–H groups in total. The first-order valence-corrected chi connectivity index (χ1v) is 11.7. The number of aryl methyl sites for hydroxylation is 1. The van der Waals surface area contributed by atoms with Crippen LogP contribution >= 0.6 is 11.8 Å². The maximum atomic E-state index is 12.6. The number of hydrogen-bond donors (Lipinski definition) is 2. The zero-order valence-corrected chi connectivity index (χ0v) is 19.5. The SMILES string of the molecule is O=C(CCc1nc2ccccc2c(=O)[nH]1)NCCN1C(=O)S/C(=C/c2ccc(OC(F)F)cc2)C1=O. The summed E-state index contributed by atoms with van der Waals surface area (Å²) in [5.74, 6) is -0.461. The minimum absolute atomic E-state index is 0.0139. The van der Waals surface area contributed by atoms with Gasteiger partial charge in [0.05, 0.1) is 15.8 Å². The molecule has 0 saturated carbocycles. The van der Waals surface area contributed by atoms with Crippen molar-refractivity contribution in [2.45, 2.75) is 19.5 Å². The summed E-state index contributed by atoms with van der Waals surface area (Å²) in [5, 5.41) is 2.64. The summed E-state index contributed by atoms with van der Waals surface area (Å²) in [5.41, 5.74) is 0.804. The molecule has 0 atom stereocenters. The lowest BCUT2D eigenvalue weighted by Gasteiger charge is -2.13. The second kappa shape index (κ2) is 11.1. The molecule has 1 aromatic heterocycles. The molecule has 0 aliphatic carbocycles. The molecule has 3 aromatic rings. The highest BCUT2D eigenvalue weighted by atomic mass is 32.2. The molecule has 1 aliphatic rings. The van der Waals surface area contributed by atoms with Crippen molar-refractivity contribution in [3.05, 3.63) is 75.2 Å². The fourth-order valence-electron chi connectivity index (χ4n) is 3.47. The lowest BCUT2D eigenvalue weighted by atomic mass is 10.2. The van der Waals surface area contributed by atoms with E-state index in [1.165, 1.54) is 30.3 Å². The van der Waals surface area contributed by atoms with Crippen LogP contribution < -0.4 is 15.6 Å². The molecule has 9 nitrogen and oxygen atoms in total. The molecular formula is C24H20F2N4O5S. The molecule has 2 aromatic carbocycles. The fourth-order valence-corrected chi connectivity index (χ4v) is 4.34. The number of nitrogens with zero attached hydrogens (tertiary/aromatic N) is 2. The van der Waals surface area contributed by atoms with Crippen LogP contribution in [-0.4, -0.2) is 51.6 Å². The Kier molecular flexibility index (Phi) is 7.74. The number of alkyl halides is 2. The smallest absolute Gasteiger partial charge is 0.387 e. The van der Waals surface area contributed by atoms with Gasteiger partial charge in [0.25, 0.3) is 16.7 Å². The second-order valence-electron chi connectivity index (χ2n) is 7.66. The Morgan fingerprint density at radius 3 is 2.64 bits per heavy atom. The van der Waals surface area contributed by atoms with Gasteiger partial charge in [-0.3, -0.25) is 24.1 Å². The Morgan fingerprint density at radius 1 is 1.14 bits per heavy atom. The van der Waals surface area contributed by atoms with Crippen molar-refractivity contribution in [2.75, 3.05) is 13.1 Å². The number of thioether (sulfide) groups is 1. The predicted octanol–water partition coefficient (Wildman–Crippen LogP) is 3.31.